The normalized spacial score (nSPS) is 12.4. The molecule has 0 spiro atoms. The lowest BCUT2D eigenvalue weighted by Crippen LogP contribution is -2.45. The van der Waals surface area contributed by atoms with Crippen LogP contribution in [0, 0.1) is 0 Å². The van der Waals surface area contributed by atoms with Gasteiger partial charge in [-0.05, 0) is 25.7 Å². The van der Waals surface area contributed by atoms with Gasteiger partial charge in [-0.25, -0.2) is 0 Å². The molecule has 0 radical (unpaired) electrons. The van der Waals surface area contributed by atoms with E-state index in [9.17, 15) is 19.8 Å². The number of unbranched alkanes of at least 4 members (excludes halogenated alkanes) is 56. The minimum atomic E-state index is -0.662. The van der Waals surface area contributed by atoms with Crippen LogP contribution in [0.5, 0.6) is 0 Å². The summed E-state index contributed by atoms with van der Waals surface area (Å²) in [7, 11) is 0. The van der Waals surface area contributed by atoms with E-state index in [0.717, 1.165) is 38.5 Å². The number of nitrogens with one attached hydrogen (secondary N) is 1. The van der Waals surface area contributed by atoms with Gasteiger partial charge >= 0.3 is 5.97 Å². The first-order valence-electron chi connectivity index (χ1n) is 35.3. The van der Waals surface area contributed by atoms with E-state index in [0.29, 0.717) is 25.9 Å². The van der Waals surface area contributed by atoms with Crippen LogP contribution in [0.15, 0.2) is 0 Å². The predicted octanol–water partition coefficient (Wildman–Crippen LogP) is 22.6. The summed E-state index contributed by atoms with van der Waals surface area (Å²) in [6.07, 6.45) is 80.1. The third kappa shape index (κ3) is 62.1. The third-order valence-electron chi connectivity index (χ3n) is 16.9. The van der Waals surface area contributed by atoms with Gasteiger partial charge in [0.05, 0.1) is 25.4 Å². The van der Waals surface area contributed by atoms with Crippen LogP contribution < -0.4 is 5.32 Å². The zero-order valence-electron chi connectivity index (χ0n) is 52.0. The Labute approximate surface area is 476 Å². The molecule has 76 heavy (non-hydrogen) atoms. The highest BCUT2D eigenvalue weighted by Crippen LogP contribution is 2.20. The summed E-state index contributed by atoms with van der Waals surface area (Å²) in [6, 6.07) is -0.539. The first kappa shape index (κ1) is 74.9. The minimum Gasteiger partial charge on any atom is -0.466 e. The summed E-state index contributed by atoms with van der Waals surface area (Å²) in [5.41, 5.74) is 0. The van der Waals surface area contributed by atoms with Crippen LogP contribution in [0.1, 0.15) is 412 Å². The number of aliphatic hydroxyl groups excluding tert-OH is 2. The first-order valence-corrected chi connectivity index (χ1v) is 35.3. The monoisotopic (exact) mass is 1070 g/mol. The second-order valence-electron chi connectivity index (χ2n) is 24.6. The van der Waals surface area contributed by atoms with Crippen molar-refractivity contribution in [3.8, 4) is 0 Å². The van der Waals surface area contributed by atoms with Crippen LogP contribution >= 0.6 is 0 Å². The Morgan fingerprint density at radius 2 is 0.539 bits per heavy atom. The lowest BCUT2D eigenvalue weighted by molar-refractivity contribution is -0.143. The topological polar surface area (TPSA) is 95.9 Å². The Morgan fingerprint density at radius 1 is 0.316 bits per heavy atom. The second kappa shape index (κ2) is 66.4. The van der Waals surface area contributed by atoms with Gasteiger partial charge in [-0.2, -0.15) is 0 Å². The molecule has 2 atom stereocenters. The van der Waals surface area contributed by atoms with Gasteiger partial charge in [-0.3, -0.25) is 9.59 Å². The smallest absolute Gasteiger partial charge is 0.305 e. The van der Waals surface area contributed by atoms with Gasteiger partial charge in [0.1, 0.15) is 0 Å². The van der Waals surface area contributed by atoms with Gasteiger partial charge in [0, 0.05) is 12.8 Å². The van der Waals surface area contributed by atoms with E-state index in [-0.39, 0.29) is 18.5 Å². The van der Waals surface area contributed by atoms with E-state index in [2.05, 4.69) is 19.2 Å². The molecule has 0 saturated heterocycles. The van der Waals surface area contributed by atoms with Crippen molar-refractivity contribution in [1.82, 2.24) is 5.32 Å². The Kier molecular flexibility index (Phi) is 65.4. The summed E-state index contributed by atoms with van der Waals surface area (Å²) in [5.74, 6) is -0.00686. The fraction of sp³-hybridized carbons (Fsp3) is 0.971. The molecule has 0 aromatic rings. The zero-order valence-corrected chi connectivity index (χ0v) is 52.0. The number of amides is 1. The molecule has 0 bridgehead atoms. The maximum absolute atomic E-state index is 12.5. The van der Waals surface area contributed by atoms with Gasteiger partial charge in [0.15, 0.2) is 0 Å². The molecule has 2 unspecified atom stereocenters. The van der Waals surface area contributed by atoms with Crippen molar-refractivity contribution >= 4 is 11.9 Å². The maximum atomic E-state index is 12.5. The van der Waals surface area contributed by atoms with E-state index in [1.807, 2.05) is 0 Å². The lowest BCUT2D eigenvalue weighted by Gasteiger charge is -2.22. The highest BCUT2D eigenvalue weighted by Gasteiger charge is 2.20. The highest BCUT2D eigenvalue weighted by molar-refractivity contribution is 5.76. The Morgan fingerprint density at radius 3 is 0.803 bits per heavy atom. The van der Waals surface area contributed by atoms with E-state index < -0.39 is 12.1 Å². The molecule has 0 fully saturated rings. The van der Waals surface area contributed by atoms with Gasteiger partial charge in [0.2, 0.25) is 5.91 Å². The van der Waals surface area contributed by atoms with Crippen LogP contribution in [0.25, 0.3) is 0 Å². The van der Waals surface area contributed by atoms with E-state index >= 15 is 0 Å². The van der Waals surface area contributed by atoms with Gasteiger partial charge in [-0.1, -0.05) is 373 Å². The van der Waals surface area contributed by atoms with Crippen LogP contribution in [0.4, 0.5) is 0 Å². The average Bonchev–Trinajstić information content (AvgIpc) is 3.42. The van der Waals surface area contributed by atoms with Crippen molar-refractivity contribution in [2.24, 2.45) is 0 Å². The number of rotatable bonds is 67. The van der Waals surface area contributed by atoms with E-state index in [1.54, 1.807) is 0 Å². The van der Waals surface area contributed by atoms with Crippen LogP contribution in [0.3, 0.4) is 0 Å². The number of hydrogen-bond donors (Lipinski definition) is 3. The summed E-state index contributed by atoms with van der Waals surface area (Å²) in [4.78, 5) is 24.6. The minimum absolute atomic E-state index is 0.0226. The number of carbonyl (C=O) groups excluding carboxylic acids is 2. The quantitative estimate of drug-likeness (QED) is 0.0417. The van der Waals surface area contributed by atoms with Gasteiger partial charge in [0.25, 0.3) is 0 Å². The molecule has 0 aliphatic heterocycles. The van der Waals surface area contributed by atoms with Crippen molar-refractivity contribution < 1.29 is 24.5 Å². The van der Waals surface area contributed by atoms with Crippen molar-refractivity contribution in [3.05, 3.63) is 0 Å². The molecule has 0 heterocycles. The maximum Gasteiger partial charge on any atom is 0.305 e. The molecule has 0 aliphatic carbocycles. The second-order valence-corrected chi connectivity index (χ2v) is 24.6. The summed E-state index contributed by atoms with van der Waals surface area (Å²) < 4.78 is 5.52. The summed E-state index contributed by atoms with van der Waals surface area (Å²) in [6.45, 7) is 5.00. The number of ether oxygens (including phenoxy) is 1. The largest absolute Gasteiger partial charge is 0.466 e. The fourth-order valence-corrected chi connectivity index (χ4v) is 11.5. The number of carbonyl (C=O) groups is 2. The molecular formula is C70H139NO5. The molecule has 454 valence electrons. The molecule has 6 nitrogen and oxygen atoms in total. The van der Waals surface area contributed by atoms with E-state index in [4.69, 9.17) is 4.74 Å². The van der Waals surface area contributed by atoms with Crippen LogP contribution in [-0.2, 0) is 14.3 Å². The Balaban J connectivity index is 3.32. The fourth-order valence-electron chi connectivity index (χ4n) is 11.5. The zero-order chi connectivity index (χ0) is 55.0. The van der Waals surface area contributed by atoms with Gasteiger partial charge < -0.3 is 20.3 Å². The Hall–Kier alpha value is -1.14. The molecule has 0 rings (SSSR count). The first-order chi connectivity index (χ1) is 37.5. The molecule has 6 heteroatoms. The van der Waals surface area contributed by atoms with Gasteiger partial charge in [-0.15, -0.1) is 0 Å². The number of aliphatic hydroxyl groups is 2. The average molecular weight is 1070 g/mol. The van der Waals surface area contributed by atoms with E-state index in [1.165, 1.54) is 340 Å². The summed E-state index contributed by atoms with van der Waals surface area (Å²) >= 11 is 0. The predicted molar refractivity (Wildman–Crippen MR) is 334 cm³/mol. The highest BCUT2D eigenvalue weighted by atomic mass is 16.5. The van der Waals surface area contributed by atoms with Crippen molar-refractivity contribution in [3.63, 3.8) is 0 Å². The molecule has 0 aromatic heterocycles. The van der Waals surface area contributed by atoms with Crippen LogP contribution in [-0.4, -0.2) is 47.4 Å². The summed E-state index contributed by atoms with van der Waals surface area (Å²) in [5, 5.41) is 23.3. The molecular weight excluding hydrogens is 935 g/mol. The van der Waals surface area contributed by atoms with Crippen molar-refractivity contribution in [2.45, 2.75) is 424 Å². The SMILES string of the molecule is CCCCCCCCCCCCCCCCCCCCCC(=O)OCCCCCCCCCCCCCCCCCCCCCCCCCCCC(=O)NC(CO)C(O)CCCCCCCCCCCCCCCCC. The molecule has 0 saturated carbocycles. The third-order valence-corrected chi connectivity index (χ3v) is 16.9. The standard InChI is InChI=1S/C70H139NO5/c1-3-5-7-9-11-13-15-17-19-20-28-32-36-40-44-48-52-56-60-64-70(75)76-65-61-57-53-49-45-41-37-33-30-27-25-23-21-22-24-26-29-31-35-39-43-47-51-55-59-63-69(74)71-67(66-72)68(73)62-58-54-50-46-42-38-34-18-16-14-12-10-8-6-4-2/h67-68,72-73H,3-66H2,1-2H3,(H,71,74). The van der Waals surface area contributed by atoms with Crippen molar-refractivity contribution in [2.75, 3.05) is 13.2 Å². The molecule has 0 aromatic carbocycles. The molecule has 0 aliphatic rings. The number of hydrogen-bond acceptors (Lipinski definition) is 5. The van der Waals surface area contributed by atoms with Crippen LogP contribution in [0.2, 0.25) is 0 Å². The molecule has 1 amide bonds. The van der Waals surface area contributed by atoms with Crippen molar-refractivity contribution in [1.29, 1.82) is 0 Å². The molecule has 3 N–H and O–H groups in total. The lowest BCUT2D eigenvalue weighted by atomic mass is 10.0. The number of esters is 1. The Bertz CT molecular complexity index is 1100.